The molecule has 0 N–H and O–H groups in total. The van der Waals surface area contributed by atoms with Crippen molar-refractivity contribution in [3.63, 3.8) is 0 Å². The lowest BCUT2D eigenvalue weighted by atomic mass is 9.99. The van der Waals surface area contributed by atoms with Crippen LogP contribution in [-0.4, -0.2) is 5.88 Å². The summed E-state index contributed by atoms with van der Waals surface area (Å²) < 4.78 is 0. The van der Waals surface area contributed by atoms with Crippen molar-refractivity contribution < 1.29 is 0 Å². The summed E-state index contributed by atoms with van der Waals surface area (Å²) in [5, 5.41) is 0. The number of hydrogen-bond acceptors (Lipinski definition) is 0. The summed E-state index contributed by atoms with van der Waals surface area (Å²) in [6.45, 7) is 0. The van der Waals surface area contributed by atoms with Gasteiger partial charge in [-0.05, 0) is 12.3 Å². The average molecular weight is 259 g/mol. The summed E-state index contributed by atoms with van der Waals surface area (Å²) in [5.41, 5.74) is 0. The van der Waals surface area contributed by atoms with Gasteiger partial charge in [0.15, 0.2) is 0 Å². The molecule has 1 heteroatoms. The quantitative estimate of drug-likeness (QED) is 0.301. The molecular weight excluding hydrogens is 228 g/mol. The third-order valence-electron chi connectivity index (χ3n) is 4.22. The van der Waals surface area contributed by atoms with Crippen LogP contribution in [0.2, 0.25) is 0 Å². The Kier molecular flexibility index (Phi) is 10.3. The first-order chi connectivity index (χ1) is 8.43. The number of hydrogen-bond donors (Lipinski definition) is 0. The molecule has 0 bridgehead atoms. The molecule has 0 saturated heterocycles. The fraction of sp³-hybridized carbons (Fsp3) is 1.00. The van der Waals surface area contributed by atoms with Crippen molar-refractivity contribution >= 4 is 11.6 Å². The second kappa shape index (κ2) is 11.4. The second-order valence-electron chi connectivity index (χ2n) is 5.81. The van der Waals surface area contributed by atoms with Crippen molar-refractivity contribution in [2.75, 3.05) is 5.88 Å². The molecule has 0 aromatic heterocycles. The van der Waals surface area contributed by atoms with Crippen LogP contribution in [0.15, 0.2) is 0 Å². The Morgan fingerprint density at radius 2 is 1.12 bits per heavy atom. The van der Waals surface area contributed by atoms with Gasteiger partial charge in [-0.2, -0.15) is 0 Å². The smallest absolute Gasteiger partial charge is 0.0223 e. The van der Waals surface area contributed by atoms with E-state index in [4.69, 9.17) is 11.6 Å². The minimum absolute atomic E-state index is 0.848. The molecule has 0 unspecified atom stereocenters. The second-order valence-corrected chi connectivity index (χ2v) is 6.19. The Labute approximate surface area is 114 Å². The van der Waals surface area contributed by atoms with Crippen LogP contribution >= 0.6 is 11.6 Å². The van der Waals surface area contributed by atoms with E-state index in [1.165, 1.54) is 89.9 Å². The third-order valence-corrected chi connectivity index (χ3v) is 4.49. The SMILES string of the molecule is ClCCCCCCCCCCCC1CCCC1. The highest BCUT2D eigenvalue weighted by atomic mass is 35.5. The van der Waals surface area contributed by atoms with E-state index in [2.05, 4.69) is 0 Å². The lowest BCUT2D eigenvalue weighted by Crippen LogP contribution is -1.92. The van der Waals surface area contributed by atoms with Gasteiger partial charge in [0, 0.05) is 5.88 Å². The summed E-state index contributed by atoms with van der Waals surface area (Å²) in [5.74, 6) is 1.95. The highest BCUT2D eigenvalue weighted by Gasteiger charge is 2.13. The van der Waals surface area contributed by atoms with Gasteiger partial charge in [0.05, 0.1) is 0 Å². The van der Waals surface area contributed by atoms with Crippen LogP contribution in [0.3, 0.4) is 0 Å². The fourth-order valence-corrected chi connectivity index (χ4v) is 3.25. The van der Waals surface area contributed by atoms with Gasteiger partial charge >= 0.3 is 0 Å². The highest BCUT2D eigenvalue weighted by molar-refractivity contribution is 6.17. The molecule has 0 amide bonds. The Bertz CT molecular complexity index is 150. The zero-order valence-electron chi connectivity index (χ0n) is 11.6. The van der Waals surface area contributed by atoms with Crippen LogP contribution < -0.4 is 0 Å². The molecule has 1 aliphatic carbocycles. The van der Waals surface area contributed by atoms with E-state index in [0.717, 1.165) is 11.8 Å². The Morgan fingerprint density at radius 1 is 0.647 bits per heavy atom. The molecule has 0 aromatic rings. The summed E-state index contributed by atoms with van der Waals surface area (Å²) in [4.78, 5) is 0. The Balaban J connectivity index is 1.69. The first-order valence-corrected chi connectivity index (χ1v) is 8.53. The molecule has 0 spiro atoms. The molecule has 0 radical (unpaired) electrons. The largest absolute Gasteiger partial charge is 0.127 e. The van der Waals surface area contributed by atoms with Crippen LogP contribution in [0, 0.1) is 5.92 Å². The normalized spacial score (nSPS) is 16.8. The van der Waals surface area contributed by atoms with E-state index >= 15 is 0 Å². The van der Waals surface area contributed by atoms with Crippen LogP contribution in [0.1, 0.15) is 89.9 Å². The van der Waals surface area contributed by atoms with E-state index in [1.54, 1.807) is 0 Å². The zero-order valence-corrected chi connectivity index (χ0v) is 12.3. The van der Waals surface area contributed by atoms with Gasteiger partial charge in [-0.15, -0.1) is 11.6 Å². The summed E-state index contributed by atoms with van der Waals surface area (Å²) in [6.07, 6.45) is 20.3. The van der Waals surface area contributed by atoms with E-state index < -0.39 is 0 Å². The molecule has 17 heavy (non-hydrogen) atoms. The summed E-state index contributed by atoms with van der Waals surface area (Å²) >= 11 is 5.65. The zero-order chi connectivity index (χ0) is 12.2. The Morgan fingerprint density at radius 3 is 1.65 bits per heavy atom. The maximum Gasteiger partial charge on any atom is 0.0223 e. The molecule has 1 rings (SSSR count). The van der Waals surface area contributed by atoms with Crippen LogP contribution in [0.4, 0.5) is 0 Å². The van der Waals surface area contributed by atoms with Gasteiger partial charge in [0.2, 0.25) is 0 Å². The van der Waals surface area contributed by atoms with Gasteiger partial charge in [-0.3, -0.25) is 0 Å². The van der Waals surface area contributed by atoms with Crippen LogP contribution in [0.25, 0.3) is 0 Å². The van der Waals surface area contributed by atoms with E-state index in [9.17, 15) is 0 Å². The van der Waals surface area contributed by atoms with E-state index in [1.807, 2.05) is 0 Å². The molecule has 0 nitrogen and oxygen atoms in total. The van der Waals surface area contributed by atoms with Gasteiger partial charge < -0.3 is 0 Å². The first kappa shape index (κ1) is 15.3. The van der Waals surface area contributed by atoms with Gasteiger partial charge in [-0.1, -0.05) is 83.5 Å². The molecule has 0 atom stereocenters. The standard InChI is InChI=1S/C16H31Cl/c17-15-11-7-5-3-1-2-4-6-8-12-16-13-9-10-14-16/h16H,1-15H2. The number of alkyl halides is 1. The van der Waals surface area contributed by atoms with Gasteiger partial charge in [0.25, 0.3) is 0 Å². The lowest BCUT2D eigenvalue weighted by Gasteiger charge is -2.07. The van der Waals surface area contributed by atoms with Crippen molar-refractivity contribution in [2.24, 2.45) is 5.92 Å². The lowest BCUT2D eigenvalue weighted by molar-refractivity contribution is 0.460. The van der Waals surface area contributed by atoms with Crippen molar-refractivity contribution in [2.45, 2.75) is 89.9 Å². The van der Waals surface area contributed by atoms with Crippen LogP contribution in [0.5, 0.6) is 0 Å². The van der Waals surface area contributed by atoms with Crippen molar-refractivity contribution in [3.8, 4) is 0 Å². The maximum atomic E-state index is 5.65. The monoisotopic (exact) mass is 258 g/mol. The predicted molar refractivity (Wildman–Crippen MR) is 78.8 cm³/mol. The van der Waals surface area contributed by atoms with E-state index in [-0.39, 0.29) is 0 Å². The molecule has 1 fully saturated rings. The highest BCUT2D eigenvalue weighted by Crippen LogP contribution is 2.29. The maximum absolute atomic E-state index is 5.65. The summed E-state index contributed by atoms with van der Waals surface area (Å²) in [7, 11) is 0. The number of halogens is 1. The molecule has 0 aliphatic heterocycles. The topological polar surface area (TPSA) is 0 Å². The summed E-state index contributed by atoms with van der Waals surface area (Å²) in [6, 6.07) is 0. The van der Waals surface area contributed by atoms with Gasteiger partial charge in [-0.25, -0.2) is 0 Å². The molecule has 1 aliphatic rings. The molecular formula is C16H31Cl. The van der Waals surface area contributed by atoms with Crippen LogP contribution in [-0.2, 0) is 0 Å². The van der Waals surface area contributed by atoms with Crippen molar-refractivity contribution in [3.05, 3.63) is 0 Å². The average Bonchev–Trinajstić information content (AvgIpc) is 2.85. The predicted octanol–water partition coefficient (Wildman–Crippen LogP) is 6.32. The molecule has 0 heterocycles. The molecule has 1 saturated carbocycles. The minimum Gasteiger partial charge on any atom is -0.127 e. The van der Waals surface area contributed by atoms with Gasteiger partial charge in [0.1, 0.15) is 0 Å². The van der Waals surface area contributed by atoms with Crippen molar-refractivity contribution in [1.29, 1.82) is 0 Å². The molecule has 0 aromatic carbocycles. The third kappa shape index (κ3) is 8.94. The first-order valence-electron chi connectivity index (χ1n) is 7.99. The van der Waals surface area contributed by atoms with E-state index in [0.29, 0.717) is 0 Å². The van der Waals surface area contributed by atoms with Crippen molar-refractivity contribution in [1.82, 2.24) is 0 Å². The number of rotatable bonds is 11. The molecule has 102 valence electrons. The minimum atomic E-state index is 0.848. The Hall–Kier alpha value is 0.290. The fourth-order valence-electron chi connectivity index (χ4n) is 3.06. The number of unbranched alkanes of at least 4 members (excludes halogenated alkanes) is 8.